The first-order chi connectivity index (χ1) is 12.6. The van der Waals surface area contributed by atoms with Gasteiger partial charge in [-0.3, -0.25) is 14.2 Å². The second-order valence-electron chi connectivity index (χ2n) is 5.64. The van der Waals surface area contributed by atoms with Gasteiger partial charge in [-0.15, -0.1) is 0 Å². The molecule has 11 heteroatoms. The smallest absolute Gasteiger partial charge is 0.303 e. The van der Waals surface area contributed by atoms with E-state index in [9.17, 15) is 22.4 Å². The third kappa shape index (κ3) is 4.35. The Balaban J connectivity index is 1.76. The molecule has 0 radical (unpaired) electrons. The van der Waals surface area contributed by atoms with E-state index in [1.807, 2.05) is 0 Å². The molecule has 0 unspecified atom stereocenters. The van der Waals surface area contributed by atoms with Gasteiger partial charge in [0, 0.05) is 19.3 Å². The van der Waals surface area contributed by atoms with Gasteiger partial charge in [-0.25, -0.2) is 4.39 Å². The zero-order valence-electron chi connectivity index (χ0n) is 13.8. The van der Waals surface area contributed by atoms with E-state index in [1.54, 1.807) is 18.3 Å². The largest absolute Gasteiger partial charge is 0.435 e. The second kappa shape index (κ2) is 7.14. The van der Waals surface area contributed by atoms with Crippen molar-refractivity contribution in [1.29, 1.82) is 0 Å². The molecule has 0 aliphatic carbocycles. The Morgan fingerprint density at radius 1 is 1.22 bits per heavy atom. The second-order valence-corrected chi connectivity index (χ2v) is 6.49. The highest BCUT2D eigenvalue weighted by Crippen LogP contribution is 2.29. The van der Waals surface area contributed by atoms with Gasteiger partial charge in [0.25, 0.3) is 5.91 Å². The molecule has 0 saturated heterocycles. The molecule has 1 amide bonds. The molecule has 3 rings (SSSR count). The van der Waals surface area contributed by atoms with Crippen LogP contribution in [0, 0.1) is 5.82 Å². The maximum atomic E-state index is 13.0. The third-order valence-electron chi connectivity index (χ3n) is 3.61. The summed E-state index contributed by atoms with van der Waals surface area (Å²) in [7, 11) is 1.24. The van der Waals surface area contributed by atoms with E-state index in [-0.39, 0.29) is 17.3 Å². The molecule has 6 nitrogen and oxygen atoms in total. The van der Waals surface area contributed by atoms with E-state index in [1.165, 1.54) is 23.9 Å². The molecule has 0 fully saturated rings. The lowest BCUT2D eigenvalue weighted by molar-refractivity contribution is -0.141. The zero-order valence-corrected chi connectivity index (χ0v) is 15.3. The fraction of sp³-hybridized carbons (Fsp3) is 0.188. The number of carbonyl (C=O) groups excluding carboxylic acids is 1. The Kier molecular flexibility index (Phi) is 5.05. The van der Waals surface area contributed by atoms with Gasteiger partial charge >= 0.3 is 6.18 Å². The molecule has 0 bridgehead atoms. The first-order valence-electron chi connectivity index (χ1n) is 7.53. The van der Waals surface area contributed by atoms with Crippen LogP contribution in [0.5, 0.6) is 0 Å². The molecule has 0 spiro atoms. The Morgan fingerprint density at radius 2 is 1.89 bits per heavy atom. The summed E-state index contributed by atoms with van der Waals surface area (Å²) < 4.78 is 53.9. The molecule has 0 saturated carbocycles. The summed E-state index contributed by atoms with van der Waals surface area (Å²) in [5.41, 5.74) is -0.635. The van der Waals surface area contributed by atoms with Crippen molar-refractivity contribution in [2.75, 3.05) is 5.32 Å². The third-order valence-corrected chi connectivity index (χ3v) is 4.19. The van der Waals surface area contributed by atoms with E-state index in [2.05, 4.69) is 31.4 Å². The van der Waals surface area contributed by atoms with E-state index in [0.717, 1.165) is 10.2 Å². The minimum atomic E-state index is -4.65. The van der Waals surface area contributed by atoms with Crippen LogP contribution in [0.3, 0.4) is 0 Å². The number of anilines is 1. The molecule has 2 aromatic heterocycles. The molecule has 142 valence electrons. The molecule has 3 aromatic rings. The number of carbonyl (C=O) groups is 1. The Hall–Kier alpha value is -2.69. The highest BCUT2D eigenvalue weighted by atomic mass is 79.9. The van der Waals surface area contributed by atoms with Crippen LogP contribution in [0.2, 0.25) is 0 Å². The van der Waals surface area contributed by atoms with Gasteiger partial charge in [-0.1, -0.05) is 12.1 Å². The predicted octanol–water partition coefficient (Wildman–Crippen LogP) is 3.84. The van der Waals surface area contributed by atoms with Gasteiger partial charge in [0.2, 0.25) is 0 Å². The van der Waals surface area contributed by atoms with Gasteiger partial charge in [0.1, 0.15) is 11.5 Å². The lowest BCUT2D eigenvalue weighted by Crippen LogP contribution is -2.17. The fourth-order valence-electron chi connectivity index (χ4n) is 2.33. The number of hydrogen-bond acceptors (Lipinski definition) is 3. The maximum absolute atomic E-state index is 13.0. The van der Waals surface area contributed by atoms with Crippen LogP contribution in [-0.4, -0.2) is 25.5 Å². The minimum Gasteiger partial charge on any atom is -0.303 e. The van der Waals surface area contributed by atoms with Crippen molar-refractivity contribution < 1.29 is 22.4 Å². The highest BCUT2D eigenvalue weighted by Gasteiger charge is 2.35. The van der Waals surface area contributed by atoms with Crippen LogP contribution in [0.15, 0.2) is 41.0 Å². The number of nitrogens with one attached hydrogen (secondary N) is 1. The molecule has 1 aromatic carbocycles. The van der Waals surface area contributed by atoms with Gasteiger partial charge in [-0.05, 0) is 33.6 Å². The van der Waals surface area contributed by atoms with Crippen LogP contribution in [-0.2, 0) is 19.8 Å². The number of amides is 1. The van der Waals surface area contributed by atoms with Crippen LogP contribution in [0.25, 0.3) is 0 Å². The summed E-state index contributed by atoms with van der Waals surface area (Å²) in [6, 6.07) is 6.49. The first-order valence-corrected chi connectivity index (χ1v) is 8.33. The summed E-state index contributed by atoms with van der Waals surface area (Å²) in [5.74, 6) is -1.01. The molecule has 0 atom stereocenters. The average Bonchev–Trinajstić information content (AvgIpc) is 3.12. The molecule has 1 N–H and O–H groups in total. The maximum Gasteiger partial charge on any atom is 0.435 e. The lowest BCUT2D eigenvalue weighted by atomic mass is 10.2. The fourth-order valence-corrected chi connectivity index (χ4v) is 2.74. The minimum absolute atomic E-state index is 0.136. The summed E-state index contributed by atoms with van der Waals surface area (Å²) in [6.45, 7) is 0.318. The zero-order chi connectivity index (χ0) is 19.8. The number of rotatable bonds is 4. The molecular weight excluding hydrogens is 434 g/mol. The van der Waals surface area contributed by atoms with Crippen molar-refractivity contribution in [1.82, 2.24) is 19.6 Å². The molecule has 2 heterocycles. The van der Waals surface area contributed by atoms with Gasteiger partial charge < -0.3 is 5.32 Å². The quantitative estimate of drug-likeness (QED) is 0.620. The standard InChI is InChI=1S/C16H12BrF4N5O/c1-25-12(6-13(23-25)16(19,20)21)15(27)22-14-11(17)8-26(24-14)7-9-2-4-10(18)5-3-9/h2-6,8H,7H2,1H3,(H,22,24,27). The number of hydrogen-bond donors (Lipinski definition) is 1. The Morgan fingerprint density at radius 3 is 2.48 bits per heavy atom. The van der Waals surface area contributed by atoms with Crippen molar-refractivity contribution in [2.45, 2.75) is 12.7 Å². The number of benzene rings is 1. The Labute approximate surface area is 158 Å². The van der Waals surface area contributed by atoms with Crippen molar-refractivity contribution >= 4 is 27.7 Å². The van der Waals surface area contributed by atoms with E-state index in [0.29, 0.717) is 17.1 Å². The summed E-state index contributed by atoms with van der Waals surface area (Å²) in [5, 5.41) is 9.91. The average molecular weight is 446 g/mol. The topological polar surface area (TPSA) is 64.7 Å². The SMILES string of the molecule is Cn1nc(C(F)(F)F)cc1C(=O)Nc1nn(Cc2ccc(F)cc2)cc1Br. The number of aryl methyl sites for hydroxylation is 1. The molecule has 0 aliphatic rings. The Bertz CT molecular complexity index is 978. The number of aromatic nitrogens is 4. The van der Waals surface area contributed by atoms with Crippen LogP contribution >= 0.6 is 15.9 Å². The summed E-state index contributed by atoms with van der Waals surface area (Å²) >= 11 is 3.24. The number of alkyl halides is 3. The predicted molar refractivity (Wildman–Crippen MR) is 91.6 cm³/mol. The van der Waals surface area contributed by atoms with E-state index in [4.69, 9.17) is 0 Å². The van der Waals surface area contributed by atoms with Crippen LogP contribution in [0.1, 0.15) is 21.7 Å². The normalized spacial score (nSPS) is 11.6. The van der Waals surface area contributed by atoms with Crippen molar-refractivity contribution in [3.63, 3.8) is 0 Å². The molecule has 27 heavy (non-hydrogen) atoms. The summed E-state index contributed by atoms with van der Waals surface area (Å²) in [6.07, 6.45) is -3.06. The highest BCUT2D eigenvalue weighted by molar-refractivity contribution is 9.10. The van der Waals surface area contributed by atoms with E-state index >= 15 is 0 Å². The van der Waals surface area contributed by atoms with Gasteiger partial charge in [0.15, 0.2) is 11.5 Å². The van der Waals surface area contributed by atoms with Crippen molar-refractivity contribution in [2.24, 2.45) is 7.05 Å². The first kappa shape index (κ1) is 19.1. The van der Waals surface area contributed by atoms with Gasteiger partial charge in [0.05, 0.1) is 11.0 Å². The molecular formula is C16H12BrF4N5O. The van der Waals surface area contributed by atoms with E-state index < -0.39 is 17.8 Å². The van der Waals surface area contributed by atoms with Crippen molar-refractivity contribution in [3.8, 4) is 0 Å². The van der Waals surface area contributed by atoms with Crippen LogP contribution < -0.4 is 5.32 Å². The lowest BCUT2D eigenvalue weighted by Gasteiger charge is -2.03. The molecule has 0 aliphatic heterocycles. The number of nitrogens with zero attached hydrogens (tertiary/aromatic N) is 4. The van der Waals surface area contributed by atoms with Gasteiger partial charge in [-0.2, -0.15) is 23.4 Å². The van der Waals surface area contributed by atoms with Crippen LogP contribution in [0.4, 0.5) is 23.4 Å². The monoisotopic (exact) mass is 445 g/mol. The number of halogens is 5. The van der Waals surface area contributed by atoms with Crippen molar-refractivity contribution in [3.05, 3.63) is 63.8 Å². The summed E-state index contributed by atoms with van der Waals surface area (Å²) in [4.78, 5) is 12.3.